The lowest BCUT2D eigenvalue weighted by Crippen LogP contribution is -2.23. The summed E-state index contributed by atoms with van der Waals surface area (Å²) in [6.07, 6.45) is 0.650. The molecule has 36 heavy (non-hydrogen) atoms. The molecular formula is C31H25O4P. The molecule has 4 nitrogen and oxygen atoms in total. The number of allylic oxidation sites excluding steroid dienone is 2. The fraction of sp³-hybridized carbons (Fsp3) is 0.0968. The van der Waals surface area contributed by atoms with Crippen molar-refractivity contribution in [1.82, 2.24) is 0 Å². The zero-order valence-corrected chi connectivity index (χ0v) is 20.8. The molecule has 0 amide bonds. The Labute approximate surface area is 210 Å². The standard InChI is InChI=1S/C31H25O4P/c1-35-24-19-16-23(17-20-24)30(33)29-27-15-9-8-10-22(27)18-21-28(32)31(29)36(34,25-11-4-2-5-12-25)26-13-6-3-7-14-26/h2-17,19-20H,18,21H2,1H3. The predicted octanol–water partition coefficient (Wildman–Crippen LogP) is 5.82. The van der Waals surface area contributed by atoms with Gasteiger partial charge in [-0.25, -0.2) is 0 Å². The van der Waals surface area contributed by atoms with Crippen molar-refractivity contribution in [2.45, 2.75) is 12.8 Å². The van der Waals surface area contributed by atoms with Crippen LogP contribution in [0.1, 0.15) is 27.9 Å². The first-order chi connectivity index (χ1) is 17.5. The molecule has 5 rings (SSSR count). The minimum atomic E-state index is -3.70. The van der Waals surface area contributed by atoms with Crippen LogP contribution < -0.4 is 15.3 Å². The maximum absolute atomic E-state index is 15.3. The van der Waals surface area contributed by atoms with Gasteiger partial charge in [-0.05, 0) is 41.8 Å². The van der Waals surface area contributed by atoms with Gasteiger partial charge in [-0.2, -0.15) is 0 Å². The Hall–Kier alpha value is -4.01. The number of methoxy groups -OCH3 is 1. The molecule has 0 N–H and O–H groups in total. The Balaban J connectivity index is 1.88. The van der Waals surface area contributed by atoms with E-state index in [1.807, 2.05) is 60.7 Å². The summed E-state index contributed by atoms with van der Waals surface area (Å²) in [6, 6.07) is 32.4. The van der Waals surface area contributed by atoms with Crippen LogP contribution in [-0.4, -0.2) is 18.7 Å². The Kier molecular flexibility index (Phi) is 6.54. The third kappa shape index (κ3) is 4.14. The van der Waals surface area contributed by atoms with Crippen LogP contribution in [0.5, 0.6) is 5.75 Å². The molecule has 0 fully saturated rings. The number of carbonyl (C=O) groups is 2. The van der Waals surface area contributed by atoms with Gasteiger partial charge in [0.15, 0.2) is 18.7 Å². The first kappa shape index (κ1) is 23.7. The number of fused-ring (bicyclic) bond motifs is 1. The summed E-state index contributed by atoms with van der Waals surface area (Å²) in [4.78, 5) is 28.1. The van der Waals surface area contributed by atoms with Crippen molar-refractivity contribution in [3.63, 3.8) is 0 Å². The van der Waals surface area contributed by atoms with Crippen LogP contribution in [-0.2, 0) is 15.8 Å². The molecule has 0 saturated carbocycles. The summed E-state index contributed by atoms with van der Waals surface area (Å²) in [7, 11) is -2.14. The summed E-state index contributed by atoms with van der Waals surface area (Å²) >= 11 is 0. The smallest absolute Gasteiger partial charge is 0.194 e. The average Bonchev–Trinajstić information content (AvgIpc) is 3.10. The molecule has 0 atom stereocenters. The first-order valence-electron chi connectivity index (χ1n) is 11.8. The van der Waals surface area contributed by atoms with E-state index in [-0.39, 0.29) is 28.9 Å². The van der Waals surface area contributed by atoms with Crippen LogP contribution in [0.25, 0.3) is 5.57 Å². The van der Waals surface area contributed by atoms with E-state index in [9.17, 15) is 9.59 Å². The van der Waals surface area contributed by atoms with Gasteiger partial charge in [0.05, 0.1) is 12.4 Å². The van der Waals surface area contributed by atoms with E-state index in [2.05, 4.69) is 0 Å². The normalized spacial score (nSPS) is 13.6. The van der Waals surface area contributed by atoms with Crippen LogP contribution >= 0.6 is 7.14 Å². The molecule has 0 aliphatic heterocycles. The second kappa shape index (κ2) is 9.93. The average molecular weight is 493 g/mol. The number of hydrogen-bond donors (Lipinski definition) is 0. The zero-order valence-electron chi connectivity index (χ0n) is 19.9. The molecule has 0 bridgehead atoms. The van der Waals surface area contributed by atoms with Gasteiger partial charge in [0.2, 0.25) is 0 Å². The fourth-order valence-corrected chi connectivity index (χ4v) is 7.75. The summed E-state index contributed by atoms with van der Waals surface area (Å²) in [5.41, 5.74) is 2.17. The number of ether oxygens (including phenoxy) is 1. The number of carbonyl (C=O) groups excluding carboxylic acids is 2. The van der Waals surface area contributed by atoms with E-state index in [0.717, 1.165) is 5.56 Å². The number of rotatable bonds is 6. The van der Waals surface area contributed by atoms with Crippen molar-refractivity contribution in [3.8, 4) is 5.75 Å². The van der Waals surface area contributed by atoms with Gasteiger partial charge < -0.3 is 9.30 Å². The molecule has 0 unspecified atom stereocenters. The molecule has 178 valence electrons. The molecule has 1 aliphatic rings. The largest absolute Gasteiger partial charge is 0.497 e. The monoisotopic (exact) mass is 492 g/mol. The lowest BCUT2D eigenvalue weighted by atomic mass is 9.93. The molecule has 4 aromatic carbocycles. The van der Waals surface area contributed by atoms with Gasteiger partial charge in [0, 0.05) is 28.2 Å². The van der Waals surface area contributed by atoms with Gasteiger partial charge >= 0.3 is 0 Å². The highest BCUT2D eigenvalue weighted by atomic mass is 31.2. The van der Waals surface area contributed by atoms with Gasteiger partial charge in [-0.1, -0.05) is 84.9 Å². The molecule has 0 saturated heterocycles. The van der Waals surface area contributed by atoms with Crippen molar-refractivity contribution in [2.75, 3.05) is 7.11 Å². The topological polar surface area (TPSA) is 60.4 Å². The molecule has 0 radical (unpaired) electrons. The highest BCUT2D eigenvalue weighted by Crippen LogP contribution is 2.56. The molecule has 5 heteroatoms. The van der Waals surface area contributed by atoms with E-state index in [4.69, 9.17) is 4.74 Å². The van der Waals surface area contributed by atoms with Gasteiger partial charge in [-0.3, -0.25) is 9.59 Å². The number of ketones is 2. The highest BCUT2D eigenvalue weighted by Gasteiger charge is 2.41. The van der Waals surface area contributed by atoms with Crippen molar-refractivity contribution >= 4 is 34.9 Å². The quantitative estimate of drug-likeness (QED) is 0.251. The van der Waals surface area contributed by atoms with E-state index in [1.165, 1.54) is 0 Å². The van der Waals surface area contributed by atoms with E-state index < -0.39 is 7.14 Å². The van der Waals surface area contributed by atoms with Gasteiger partial charge in [-0.15, -0.1) is 0 Å². The minimum Gasteiger partial charge on any atom is -0.497 e. The molecule has 1 aliphatic carbocycles. The second-order valence-corrected chi connectivity index (χ2v) is 11.3. The predicted molar refractivity (Wildman–Crippen MR) is 144 cm³/mol. The van der Waals surface area contributed by atoms with Crippen molar-refractivity contribution in [2.24, 2.45) is 0 Å². The Bertz CT molecular complexity index is 1460. The maximum atomic E-state index is 15.3. The SMILES string of the molecule is COc1ccc(C(=O)C2=C(P(=O)(c3ccccc3)c3ccccc3)C(=O)CCc3ccccc32)cc1. The Morgan fingerprint density at radius 3 is 1.86 bits per heavy atom. The number of benzene rings is 4. The van der Waals surface area contributed by atoms with E-state index in [0.29, 0.717) is 33.9 Å². The molecular weight excluding hydrogens is 467 g/mol. The lowest BCUT2D eigenvalue weighted by Gasteiger charge is -2.24. The maximum Gasteiger partial charge on any atom is 0.194 e. The Morgan fingerprint density at radius 1 is 0.722 bits per heavy atom. The number of aryl methyl sites for hydroxylation is 1. The molecule has 0 spiro atoms. The number of Topliss-reactive ketones (excluding diaryl/α,β-unsaturated/α-hetero) is 2. The summed E-state index contributed by atoms with van der Waals surface area (Å²) in [5.74, 6) is 0.0267. The Morgan fingerprint density at radius 2 is 1.28 bits per heavy atom. The third-order valence-electron chi connectivity index (χ3n) is 6.54. The fourth-order valence-electron chi connectivity index (χ4n) is 4.75. The van der Waals surface area contributed by atoms with Crippen molar-refractivity contribution in [3.05, 3.63) is 131 Å². The van der Waals surface area contributed by atoms with Gasteiger partial charge in [0.1, 0.15) is 5.75 Å². The molecule has 0 heterocycles. The third-order valence-corrected chi connectivity index (χ3v) is 9.70. The summed E-state index contributed by atoms with van der Waals surface area (Å²) in [6.45, 7) is 0. The van der Waals surface area contributed by atoms with Crippen LogP contribution in [0, 0.1) is 0 Å². The van der Waals surface area contributed by atoms with E-state index in [1.54, 1.807) is 55.6 Å². The lowest BCUT2D eigenvalue weighted by molar-refractivity contribution is -0.114. The number of hydrogen-bond acceptors (Lipinski definition) is 4. The summed E-state index contributed by atoms with van der Waals surface area (Å²) in [5, 5.41) is 1.16. The second-order valence-electron chi connectivity index (χ2n) is 8.64. The molecule has 4 aromatic rings. The molecule has 0 aromatic heterocycles. The van der Waals surface area contributed by atoms with E-state index >= 15 is 4.57 Å². The van der Waals surface area contributed by atoms with Crippen LogP contribution in [0.2, 0.25) is 0 Å². The van der Waals surface area contributed by atoms with Crippen molar-refractivity contribution in [1.29, 1.82) is 0 Å². The minimum absolute atomic E-state index is 0.102. The van der Waals surface area contributed by atoms with Crippen LogP contribution in [0.3, 0.4) is 0 Å². The van der Waals surface area contributed by atoms with Crippen LogP contribution in [0.15, 0.2) is 115 Å². The zero-order chi connectivity index (χ0) is 25.1. The highest BCUT2D eigenvalue weighted by molar-refractivity contribution is 7.83. The van der Waals surface area contributed by atoms with Crippen molar-refractivity contribution < 1.29 is 18.9 Å². The summed E-state index contributed by atoms with van der Waals surface area (Å²) < 4.78 is 20.6. The van der Waals surface area contributed by atoms with Crippen LogP contribution in [0.4, 0.5) is 0 Å². The first-order valence-corrected chi connectivity index (χ1v) is 13.5. The van der Waals surface area contributed by atoms with Gasteiger partial charge in [0.25, 0.3) is 0 Å².